The van der Waals surface area contributed by atoms with E-state index in [0.717, 1.165) is 11.3 Å². The minimum atomic E-state index is -0.442. The van der Waals surface area contributed by atoms with E-state index in [0.29, 0.717) is 16.6 Å². The zero-order valence-corrected chi connectivity index (χ0v) is 14.3. The summed E-state index contributed by atoms with van der Waals surface area (Å²) in [5.41, 5.74) is 4.34. The molecule has 7 nitrogen and oxygen atoms in total. The van der Waals surface area contributed by atoms with Gasteiger partial charge in [0.2, 0.25) is 0 Å². The van der Waals surface area contributed by atoms with Crippen LogP contribution in [0.4, 0.5) is 11.4 Å². The molecule has 0 bridgehead atoms. The van der Waals surface area contributed by atoms with Gasteiger partial charge >= 0.3 is 0 Å². The molecule has 1 heterocycles. The Morgan fingerprint density at radius 2 is 1.81 bits per heavy atom. The normalized spacial score (nSPS) is 10.6. The molecule has 0 aliphatic rings. The van der Waals surface area contributed by atoms with Gasteiger partial charge in [-0.15, -0.1) is 0 Å². The zero-order chi connectivity index (χ0) is 18.4. The second kappa shape index (κ2) is 8.04. The summed E-state index contributed by atoms with van der Waals surface area (Å²) in [6.07, 6.45) is 1.49. The van der Waals surface area contributed by atoms with Gasteiger partial charge in [-0.3, -0.25) is 15.5 Å². The number of furan rings is 1. The summed E-state index contributed by atoms with van der Waals surface area (Å²) in [5, 5.41) is 18.1. The van der Waals surface area contributed by atoms with Gasteiger partial charge < -0.3 is 9.73 Å². The van der Waals surface area contributed by atoms with Crippen LogP contribution in [0.5, 0.6) is 0 Å². The SMILES string of the molecule is O=[N+]([O-])c1ccc(-c2ccc(/C=N/NC(=S)Nc3ccccc3)o2)cc1. The first-order valence-corrected chi connectivity index (χ1v) is 8.02. The largest absolute Gasteiger partial charge is 0.455 e. The van der Waals surface area contributed by atoms with E-state index in [1.165, 1.54) is 18.3 Å². The van der Waals surface area contributed by atoms with Gasteiger partial charge in [0.25, 0.3) is 5.69 Å². The fraction of sp³-hybridized carbons (Fsp3) is 0. The van der Waals surface area contributed by atoms with Crippen LogP contribution in [-0.4, -0.2) is 16.3 Å². The number of nitrogens with zero attached hydrogens (tertiary/aromatic N) is 2. The first kappa shape index (κ1) is 17.3. The Kier molecular flexibility index (Phi) is 5.35. The second-order valence-corrected chi connectivity index (χ2v) is 5.60. The Morgan fingerprint density at radius 1 is 1.08 bits per heavy atom. The summed E-state index contributed by atoms with van der Waals surface area (Å²) in [4.78, 5) is 10.2. The molecule has 130 valence electrons. The first-order chi connectivity index (χ1) is 12.6. The highest BCUT2D eigenvalue weighted by Crippen LogP contribution is 2.23. The topological polar surface area (TPSA) is 92.7 Å². The number of hydrazone groups is 1. The Balaban J connectivity index is 1.58. The monoisotopic (exact) mass is 366 g/mol. The molecule has 0 radical (unpaired) electrons. The minimum absolute atomic E-state index is 0.0331. The summed E-state index contributed by atoms with van der Waals surface area (Å²) in [7, 11) is 0. The molecule has 1 aromatic heterocycles. The van der Waals surface area contributed by atoms with Gasteiger partial charge in [0.05, 0.1) is 11.1 Å². The standard InChI is InChI=1S/C18H14N4O3S/c23-22(24)15-8-6-13(7-9-15)17-11-10-16(25-17)12-19-21-18(26)20-14-4-2-1-3-5-14/h1-12H,(H2,20,21,26)/b19-12+. The van der Waals surface area contributed by atoms with E-state index in [9.17, 15) is 10.1 Å². The first-order valence-electron chi connectivity index (χ1n) is 7.61. The van der Waals surface area contributed by atoms with Gasteiger partial charge in [-0.05, 0) is 48.6 Å². The van der Waals surface area contributed by atoms with E-state index in [-0.39, 0.29) is 5.69 Å². The van der Waals surface area contributed by atoms with E-state index in [4.69, 9.17) is 16.6 Å². The van der Waals surface area contributed by atoms with Crippen LogP contribution in [0.1, 0.15) is 5.76 Å². The van der Waals surface area contributed by atoms with Crippen molar-refractivity contribution in [2.45, 2.75) is 0 Å². The predicted octanol–water partition coefficient (Wildman–Crippen LogP) is 4.18. The minimum Gasteiger partial charge on any atom is -0.455 e. The molecule has 0 amide bonds. The maximum atomic E-state index is 10.7. The number of rotatable bonds is 5. The van der Waals surface area contributed by atoms with Crippen LogP contribution in [0.15, 0.2) is 76.2 Å². The zero-order valence-electron chi connectivity index (χ0n) is 13.5. The number of thiocarbonyl (C=S) groups is 1. The van der Waals surface area contributed by atoms with Crippen LogP contribution >= 0.6 is 12.2 Å². The Hall–Kier alpha value is -3.52. The molecular formula is C18H14N4O3S. The molecule has 0 fully saturated rings. The molecule has 3 aromatic rings. The van der Waals surface area contributed by atoms with E-state index >= 15 is 0 Å². The van der Waals surface area contributed by atoms with Gasteiger partial charge in [0.15, 0.2) is 5.11 Å². The summed E-state index contributed by atoms with van der Waals surface area (Å²) in [5.74, 6) is 1.11. The molecule has 0 unspecified atom stereocenters. The van der Waals surface area contributed by atoms with E-state index < -0.39 is 4.92 Å². The quantitative estimate of drug-likeness (QED) is 0.305. The average Bonchev–Trinajstić information content (AvgIpc) is 3.11. The summed E-state index contributed by atoms with van der Waals surface area (Å²) < 4.78 is 5.65. The van der Waals surface area contributed by atoms with Crippen molar-refractivity contribution in [2.75, 3.05) is 5.32 Å². The molecule has 0 aliphatic carbocycles. The lowest BCUT2D eigenvalue weighted by atomic mass is 10.1. The molecule has 0 saturated carbocycles. The summed E-state index contributed by atoms with van der Waals surface area (Å²) >= 11 is 5.14. The third kappa shape index (κ3) is 4.52. The van der Waals surface area contributed by atoms with Gasteiger partial charge in [-0.1, -0.05) is 18.2 Å². The maximum Gasteiger partial charge on any atom is 0.269 e. The predicted molar refractivity (Wildman–Crippen MR) is 104 cm³/mol. The molecule has 0 aliphatic heterocycles. The number of hydrogen-bond acceptors (Lipinski definition) is 5. The number of nitro groups is 1. The number of benzene rings is 2. The van der Waals surface area contributed by atoms with Crippen LogP contribution in [0.25, 0.3) is 11.3 Å². The Bertz CT molecular complexity index is 937. The van der Waals surface area contributed by atoms with E-state index in [2.05, 4.69) is 15.8 Å². The average molecular weight is 366 g/mol. The lowest BCUT2D eigenvalue weighted by Crippen LogP contribution is -2.23. The van der Waals surface area contributed by atoms with E-state index in [1.807, 2.05) is 30.3 Å². The van der Waals surface area contributed by atoms with Crippen LogP contribution in [0.2, 0.25) is 0 Å². The number of non-ortho nitro benzene ring substituents is 1. The molecular weight excluding hydrogens is 352 g/mol. The van der Waals surface area contributed by atoms with Crippen LogP contribution < -0.4 is 10.7 Å². The molecule has 2 N–H and O–H groups in total. The Labute approximate surface area is 154 Å². The molecule has 0 atom stereocenters. The fourth-order valence-electron chi connectivity index (χ4n) is 2.16. The van der Waals surface area contributed by atoms with Crippen molar-refractivity contribution < 1.29 is 9.34 Å². The highest BCUT2D eigenvalue weighted by molar-refractivity contribution is 7.80. The maximum absolute atomic E-state index is 10.7. The molecule has 0 saturated heterocycles. The second-order valence-electron chi connectivity index (χ2n) is 5.20. The van der Waals surface area contributed by atoms with E-state index in [1.54, 1.807) is 24.3 Å². The number of para-hydroxylation sites is 1. The van der Waals surface area contributed by atoms with Crippen molar-refractivity contribution in [2.24, 2.45) is 5.10 Å². The smallest absolute Gasteiger partial charge is 0.269 e. The molecule has 2 aromatic carbocycles. The number of anilines is 1. The van der Waals surface area contributed by atoms with Crippen LogP contribution in [-0.2, 0) is 0 Å². The van der Waals surface area contributed by atoms with Crippen molar-refractivity contribution in [1.82, 2.24) is 5.43 Å². The van der Waals surface area contributed by atoms with Crippen LogP contribution in [0, 0.1) is 10.1 Å². The highest BCUT2D eigenvalue weighted by atomic mass is 32.1. The summed E-state index contributed by atoms with van der Waals surface area (Å²) in [6.45, 7) is 0. The van der Waals surface area contributed by atoms with Gasteiger partial charge in [0.1, 0.15) is 11.5 Å². The molecule has 8 heteroatoms. The summed E-state index contributed by atoms with van der Waals surface area (Å²) in [6, 6.07) is 19.1. The number of hydrogen-bond donors (Lipinski definition) is 2. The van der Waals surface area contributed by atoms with Crippen molar-refractivity contribution in [3.05, 3.63) is 82.6 Å². The fourth-order valence-corrected chi connectivity index (χ4v) is 2.33. The third-order valence-electron chi connectivity index (χ3n) is 3.38. The van der Waals surface area contributed by atoms with Gasteiger partial charge in [-0.2, -0.15) is 5.10 Å². The molecule has 0 spiro atoms. The van der Waals surface area contributed by atoms with Crippen molar-refractivity contribution in [3.8, 4) is 11.3 Å². The van der Waals surface area contributed by atoms with Gasteiger partial charge in [0, 0.05) is 23.4 Å². The Morgan fingerprint density at radius 3 is 2.50 bits per heavy atom. The lowest BCUT2D eigenvalue weighted by Gasteiger charge is -2.05. The number of nitrogens with one attached hydrogen (secondary N) is 2. The van der Waals surface area contributed by atoms with Crippen molar-refractivity contribution in [3.63, 3.8) is 0 Å². The third-order valence-corrected chi connectivity index (χ3v) is 3.57. The molecule has 3 rings (SSSR count). The lowest BCUT2D eigenvalue weighted by molar-refractivity contribution is -0.384. The van der Waals surface area contributed by atoms with Crippen LogP contribution in [0.3, 0.4) is 0 Å². The van der Waals surface area contributed by atoms with Crippen molar-refractivity contribution >= 4 is 34.9 Å². The van der Waals surface area contributed by atoms with Crippen molar-refractivity contribution in [1.29, 1.82) is 0 Å². The number of nitro benzene ring substituents is 1. The molecule has 26 heavy (non-hydrogen) atoms. The highest BCUT2D eigenvalue weighted by Gasteiger charge is 2.07. The van der Waals surface area contributed by atoms with Gasteiger partial charge in [-0.25, -0.2) is 0 Å².